The number of hydroxylamine groups is 1. The molecule has 0 aromatic carbocycles. The molecule has 0 amide bonds. The molecule has 1 saturated heterocycles. The van der Waals surface area contributed by atoms with Crippen molar-refractivity contribution in [3.8, 4) is 0 Å². The van der Waals surface area contributed by atoms with Gasteiger partial charge in [0.2, 0.25) is 0 Å². The molecule has 0 radical (unpaired) electrons. The first kappa shape index (κ1) is 7.94. The van der Waals surface area contributed by atoms with E-state index in [1.54, 1.807) is 0 Å². The monoisotopic (exact) mass is 147 g/mol. The Morgan fingerprint density at radius 1 is 1.50 bits per heavy atom. The van der Waals surface area contributed by atoms with Crippen molar-refractivity contribution in [3.05, 3.63) is 0 Å². The number of nitrogens with zero attached hydrogens (tertiary/aromatic N) is 1. The number of rotatable bonds is 2. The highest BCUT2D eigenvalue weighted by Gasteiger charge is 2.18. The van der Waals surface area contributed by atoms with Crippen molar-refractivity contribution in [2.75, 3.05) is 32.8 Å². The van der Waals surface area contributed by atoms with Gasteiger partial charge in [0.25, 0.3) is 0 Å². The van der Waals surface area contributed by atoms with Crippen LogP contribution < -0.4 is 5.17 Å². The second-order valence-electron chi connectivity index (χ2n) is 2.37. The van der Waals surface area contributed by atoms with Crippen molar-refractivity contribution in [2.24, 2.45) is 0 Å². The van der Waals surface area contributed by atoms with Crippen LogP contribution in [0.2, 0.25) is 0 Å². The van der Waals surface area contributed by atoms with Crippen molar-refractivity contribution in [3.63, 3.8) is 0 Å². The fourth-order valence-electron chi connectivity index (χ4n) is 1.05. The minimum absolute atomic E-state index is 0.489. The normalized spacial score (nSPS) is 24.6. The van der Waals surface area contributed by atoms with Gasteiger partial charge in [0.05, 0.1) is 26.3 Å². The summed E-state index contributed by atoms with van der Waals surface area (Å²) >= 11 is 0. The van der Waals surface area contributed by atoms with E-state index in [0.717, 1.165) is 32.8 Å². The Balaban J connectivity index is 2.24. The maximum absolute atomic E-state index is 9.27. The van der Waals surface area contributed by atoms with Crippen molar-refractivity contribution in [1.82, 2.24) is 5.01 Å². The molecular formula is C6H15N2O2+. The van der Waals surface area contributed by atoms with Crippen LogP contribution in [0, 0.1) is 0 Å². The van der Waals surface area contributed by atoms with E-state index in [9.17, 15) is 5.21 Å². The van der Waals surface area contributed by atoms with Crippen LogP contribution in [-0.2, 0) is 4.74 Å². The average molecular weight is 147 g/mol. The van der Waals surface area contributed by atoms with Crippen LogP contribution in [0.5, 0.6) is 0 Å². The van der Waals surface area contributed by atoms with Crippen LogP contribution >= 0.6 is 0 Å². The first-order valence-corrected chi connectivity index (χ1v) is 3.72. The number of nitrogens with one attached hydrogen (secondary N) is 1. The molecule has 1 heterocycles. The molecule has 4 heteroatoms. The topological polar surface area (TPSA) is 37.1 Å². The Morgan fingerprint density at radius 3 is 2.60 bits per heavy atom. The van der Waals surface area contributed by atoms with Crippen molar-refractivity contribution in [2.45, 2.75) is 6.92 Å². The van der Waals surface area contributed by atoms with E-state index < -0.39 is 0 Å². The maximum Gasteiger partial charge on any atom is 0.124 e. The van der Waals surface area contributed by atoms with Crippen molar-refractivity contribution >= 4 is 0 Å². The Labute approximate surface area is 60.9 Å². The Morgan fingerprint density at radius 2 is 2.10 bits per heavy atom. The van der Waals surface area contributed by atoms with Crippen LogP contribution in [0.15, 0.2) is 0 Å². The second-order valence-corrected chi connectivity index (χ2v) is 2.37. The third-order valence-corrected chi connectivity index (χ3v) is 1.69. The first-order valence-electron chi connectivity index (χ1n) is 3.72. The highest BCUT2D eigenvalue weighted by Crippen LogP contribution is 1.87. The van der Waals surface area contributed by atoms with Gasteiger partial charge in [-0.05, 0) is 6.92 Å². The van der Waals surface area contributed by atoms with Crippen LogP contribution in [0.3, 0.4) is 0 Å². The summed E-state index contributed by atoms with van der Waals surface area (Å²) in [5, 5.41) is 11.7. The summed E-state index contributed by atoms with van der Waals surface area (Å²) < 4.78 is 5.13. The number of hydrogen-bond donors (Lipinski definition) is 2. The van der Waals surface area contributed by atoms with Gasteiger partial charge in [-0.3, -0.25) is 0 Å². The summed E-state index contributed by atoms with van der Waals surface area (Å²) in [7, 11) is 0. The van der Waals surface area contributed by atoms with Crippen LogP contribution in [0.4, 0.5) is 0 Å². The number of ether oxygens (including phenoxy) is 1. The van der Waals surface area contributed by atoms with E-state index in [4.69, 9.17) is 4.74 Å². The zero-order valence-corrected chi connectivity index (χ0v) is 6.34. The quantitative estimate of drug-likeness (QED) is 0.468. The van der Waals surface area contributed by atoms with Gasteiger partial charge in [0.15, 0.2) is 0 Å². The summed E-state index contributed by atoms with van der Waals surface area (Å²) in [6, 6.07) is 0. The summed E-state index contributed by atoms with van der Waals surface area (Å²) in [5.41, 5.74) is 0. The smallest absolute Gasteiger partial charge is 0.124 e. The third-order valence-electron chi connectivity index (χ3n) is 1.69. The van der Waals surface area contributed by atoms with E-state index >= 15 is 0 Å². The summed E-state index contributed by atoms with van der Waals surface area (Å²) in [6.45, 7) is 5.82. The summed E-state index contributed by atoms with van der Waals surface area (Å²) in [5.74, 6) is 0. The van der Waals surface area contributed by atoms with E-state index in [0.29, 0.717) is 5.17 Å². The number of hydrogen-bond acceptors (Lipinski definition) is 3. The molecule has 1 fully saturated rings. The number of quaternary nitrogens is 1. The molecule has 0 bridgehead atoms. The minimum atomic E-state index is 0.489. The number of morpholine rings is 1. The molecule has 2 N–H and O–H groups in total. The second kappa shape index (κ2) is 3.88. The van der Waals surface area contributed by atoms with E-state index in [1.165, 1.54) is 0 Å². The average Bonchev–Trinajstić information content (AvgIpc) is 2.05. The lowest BCUT2D eigenvalue weighted by molar-refractivity contribution is -1.18. The van der Waals surface area contributed by atoms with Gasteiger partial charge < -0.3 is 4.74 Å². The fraction of sp³-hybridized carbons (Fsp3) is 1.00. The Bertz CT molecular complexity index is 93.7. The first-order chi connectivity index (χ1) is 4.84. The largest absolute Gasteiger partial charge is 0.378 e. The molecular weight excluding hydrogens is 132 g/mol. The standard InChI is InChI=1S/C6H14N2O2/c1-2-8(9)7-3-5-10-6-4-7/h9H,2-6H2,1H3/p+1. The van der Waals surface area contributed by atoms with Crippen LogP contribution in [-0.4, -0.2) is 43.1 Å². The zero-order valence-electron chi connectivity index (χ0n) is 6.34. The maximum atomic E-state index is 9.27. The molecule has 0 saturated carbocycles. The highest BCUT2D eigenvalue weighted by molar-refractivity contribution is 4.49. The molecule has 0 aromatic rings. The van der Waals surface area contributed by atoms with Crippen LogP contribution in [0.1, 0.15) is 6.92 Å². The van der Waals surface area contributed by atoms with Gasteiger partial charge in [-0.2, -0.15) is 5.21 Å². The molecule has 10 heavy (non-hydrogen) atoms. The Kier molecular flexibility index (Phi) is 3.08. The molecule has 1 aliphatic heterocycles. The van der Waals surface area contributed by atoms with Crippen LogP contribution in [0.25, 0.3) is 0 Å². The fourth-order valence-corrected chi connectivity index (χ4v) is 1.05. The molecule has 0 aromatic heterocycles. The lowest BCUT2D eigenvalue weighted by Crippen LogP contribution is -3.16. The van der Waals surface area contributed by atoms with Crippen molar-refractivity contribution < 1.29 is 15.1 Å². The van der Waals surface area contributed by atoms with Gasteiger partial charge in [0.1, 0.15) is 6.54 Å². The summed E-state index contributed by atoms with van der Waals surface area (Å²) in [6.07, 6.45) is 0. The lowest BCUT2D eigenvalue weighted by Gasteiger charge is -2.27. The Hall–Kier alpha value is -0.160. The van der Waals surface area contributed by atoms with Gasteiger partial charge in [-0.1, -0.05) is 0 Å². The predicted molar refractivity (Wildman–Crippen MR) is 35.7 cm³/mol. The van der Waals surface area contributed by atoms with Gasteiger partial charge in [-0.15, -0.1) is 10.2 Å². The molecule has 60 valence electrons. The molecule has 0 aliphatic carbocycles. The molecule has 1 rings (SSSR count). The molecule has 4 nitrogen and oxygen atoms in total. The molecule has 1 aliphatic rings. The van der Waals surface area contributed by atoms with Crippen molar-refractivity contribution in [1.29, 1.82) is 0 Å². The molecule has 1 atom stereocenters. The highest BCUT2D eigenvalue weighted by atomic mass is 16.6. The third kappa shape index (κ3) is 1.91. The van der Waals surface area contributed by atoms with E-state index in [2.05, 4.69) is 0 Å². The van der Waals surface area contributed by atoms with Gasteiger partial charge >= 0.3 is 0 Å². The lowest BCUT2D eigenvalue weighted by atomic mass is 10.5. The van der Waals surface area contributed by atoms with E-state index in [1.807, 2.05) is 11.9 Å². The van der Waals surface area contributed by atoms with Gasteiger partial charge in [0, 0.05) is 0 Å². The minimum Gasteiger partial charge on any atom is -0.378 e. The summed E-state index contributed by atoms with van der Waals surface area (Å²) in [4.78, 5) is 0. The SMILES string of the molecule is CC[NH+](O)N1CCOCC1. The molecule has 1 unspecified atom stereocenters. The van der Waals surface area contributed by atoms with E-state index in [-0.39, 0.29) is 0 Å². The van der Waals surface area contributed by atoms with Gasteiger partial charge in [-0.25, -0.2) is 0 Å². The predicted octanol–water partition coefficient (Wildman–Crippen LogP) is -1.47. The molecule has 0 spiro atoms. The zero-order chi connectivity index (χ0) is 7.40.